The van der Waals surface area contributed by atoms with Crippen LogP contribution in [0.25, 0.3) is 0 Å². The van der Waals surface area contributed by atoms with Crippen molar-refractivity contribution < 1.29 is 9.53 Å². The highest BCUT2D eigenvalue weighted by Gasteiger charge is 2.12. The molecule has 0 aliphatic carbocycles. The number of amides is 1. The highest BCUT2D eigenvalue weighted by molar-refractivity contribution is 9.10. The van der Waals surface area contributed by atoms with Gasteiger partial charge in [0.25, 0.3) is 5.91 Å². The maximum atomic E-state index is 12.3. The highest BCUT2D eigenvalue weighted by atomic mass is 79.9. The molecule has 1 amide bonds. The van der Waals surface area contributed by atoms with Gasteiger partial charge in [0.15, 0.2) is 0 Å². The van der Waals surface area contributed by atoms with E-state index in [-0.39, 0.29) is 12.0 Å². The summed E-state index contributed by atoms with van der Waals surface area (Å²) >= 11 is 3.40. The molecule has 0 fully saturated rings. The molecule has 2 rings (SSSR count). The van der Waals surface area contributed by atoms with Gasteiger partial charge in [-0.1, -0.05) is 12.1 Å². The number of anilines is 1. The number of hydrogen-bond donors (Lipinski definition) is 1. The summed E-state index contributed by atoms with van der Waals surface area (Å²) < 4.78 is 6.32. The summed E-state index contributed by atoms with van der Waals surface area (Å²) in [5.74, 6) is 0.406. The van der Waals surface area contributed by atoms with E-state index in [1.165, 1.54) is 0 Å². The fourth-order valence-corrected chi connectivity index (χ4v) is 2.35. The van der Waals surface area contributed by atoms with E-state index < -0.39 is 0 Å². The van der Waals surface area contributed by atoms with Crippen LogP contribution in [0.4, 0.5) is 5.69 Å². The third-order valence-electron chi connectivity index (χ3n) is 2.85. The zero-order chi connectivity index (χ0) is 16.1. The van der Waals surface area contributed by atoms with Gasteiger partial charge >= 0.3 is 0 Å². The van der Waals surface area contributed by atoms with Gasteiger partial charge in [-0.15, -0.1) is 0 Å². The molecule has 2 aromatic rings. The Kier molecular flexibility index (Phi) is 5.18. The summed E-state index contributed by atoms with van der Waals surface area (Å²) in [6, 6.07) is 14.1. The Hall–Kier alpha value is -2.32. The molecule has 0 saturated heterocycles. The summed E-state index contributed by atoms with van der Waals surface area (Å²) in [5.41, 5.74) is 1.40. The summed E-state index contributed by atoms with van der Waals surface area (Å²) in [5, 5.41) is 11.8. The van der Waals surface area contributed by atoms with Crippen molar-refractivity contribution >= 4 is 27.5 Å². The highest BCUT2D eigenvalue weighted by Crippen LogP contribution is 2.27. The third-order valence-corrected chi connectivity index (χ3v) is 3.47. The number of carbonyl (C=O) groups excluding carboxylic acids is 1. The number of nitrogens with one attached hydrogen (secondary N) is 1. The van der Waals surface area contributed by atoms with E-state index in [9.17, 15) is 4.79 Å². The van der Waals surface area contributed by atoms with Crippen LogP contribution >= 0.6 is 15.9 Å². The van der Waals surface area contributed by atoms with Crippen molar-refractivity contribution in [1.29, 1.82) is 5.26 Å². The second kappa shape index (κ2) is 7.10. The maximum Gasteiger partial charge on any atom is 0.255 e. The van der Waals surface area contributed by atoms with Crippen molar-refractivity contribution in [3.8, 4) is 11.8 Å². The lowest BCUT2D eigenvalue weighted by molar-refractivity contribution is 0.102. The van der Waals surface area contributed by atoms with Gasteiger partial charge < -0.3 is 10.1 Å². The Balaban J connectivity index is 2.20. The van der Waals surface area contributed by atoms with E-state index in [2.05, 4.69) is 27.3 Å². The number of para-hydroxylation sites is 1. The van der Waals surface area contributed by atoms with Crippen LogP contribution < -0.4 is 10.1 Å². The van der Waals surface area contributed by atoms with Gasteiger partial charge in [-0.2, -0.15) is 5.26 Å². The molecule has 112 valence electrons. The van der Waals surface area contributed by atoms with Gasteiger partial charge in [-0.3, -0.25) is 4.79 Å². The molecular weight excluding hydrogens is 344 g/mol. The van der Waals surface area contributed by atoms with Crippen LogP contribution in [-0.4, -0.2) is 12.0 Å². The van der Waals surface area contributed by atoms with Crippen LogP contribution in [-0.2, 0) is 0 Å². The molecule has 0 aliphatic heterocycles. The SMILES string of the molecule is CC(C)Oc1ccc(C(=O)Nc2ccccc2C#N)cc1Br. The van der Waals surface area contributed by atoms with E-state index in [0.29, 0.717) is 27.0 Å². The molecule has 4 nitrogen and oxygen atoms in total. The van der Waals surface area contributed by atoms with Gasteiger partial charge in [0.2, 0.25) is 0 Å². The molecule has 22 heavy (non-hydrogen) atoms. The first kappa shape index (κ1) is 16.1. The van der Waals surface area contributed by atoms with Crippen molar-refractivity contribution in [2.75, 3.05) is 5.32 Å². The first-order chi connectivity index (χ1) is 10.5. The summed E-state index contributed by atoms with van der Waals surface area (Å²) in [4.78, 5) is 12.3. The van der Waals surface area contributed by atoms with E-state index in [0.717, 1.165) is 0 Å². The standard InChI is InChI=1S/C17H15BrN2O2/c1-11(2)22-16-8-7-12(9-14(16)18)17(21)20-15-6-4-3-5-13(15)10-19/h3-9,11H,1-2H3,(H,20,21). The molecular formula is C17H15BrN2O2. The maximum absolute atomic E-state index is 12.3. The molecule has 0 radical (unpaired) electrons. The van der Waals surface area contributed by atoms with Gasteiger partial charge in [0.1, 0.15) is 11.8 Å². The molecule has 0 atom stereocenters. The average molecular weight is 359 g/mol. The first-order valence-corrected chi connectivity index (χ1v) is 7.57. The predicted molar refractivity (Wildman–Crippen MR) is 89.0 cm³/mol. The monoisotopic (exact) mass is 358 g/mol. The van der Waals surface area contributed by atoms with Crippen molar-refractivity contribution in [2.45, 2.75) is 20.0 Å². The Morgan fingerprint density at radius 1 is 1.27 bits per heavy atom. The molecule has 2 aromatic carbocycles. The molecule has 0 saturated carbocycles. The van der Waals surface area contributed by atoms with Crippen molar-refractivity contribution in [1.82, 2.24) is 0 Å². The molecule has 0 unspecified atom stereocenters. The van der Waals surface area contributed by atoms with Gasteiger partial charge in [-0.25, -0.2) is 0 Å². The van der Waals surface area contributed by atoms with E-state index in [1.54, 1.807) is 42.5 Å². The molecule has 0 bridgehead atoms. The Morgan fingerprint density at radius 3 is 2.64 bits per heavy atom. The smallest absolute Gasteiger partial charge is 0.255 e. The number of benzene rings is 2. The Bertz CT molecular complexity index is 736. The predicted octanol–water partition coefficient (Wildman–Crippen LogP) is 4.36. The van der Waals surface area contributed by atoms with Crippen LogP contribution in [0.15, 0.2) is 46.9 Å². The lowest BCUT2D eigenvalue weighted by Gasteiger charge is -2.12. The molecule has 0 aliphatic rings. The van der Waals surface area contributed by atoms with E-state index in [1.807, 2.05) is 13.8 Å². The van der Waals surface area contributed by atoms with Crippen LogP contribution in [0, 0.1) is 11.3 Å². The van der Waals surface area contributed by atoms with Crippen LogP contribution in [0.3, 0.4) is 0 Å². The summed E-state index contributed by atoms with van der Waals surface area (Å²) in [6.07, 6.45) is 0.0542. The zero-order valence-corrected chi connectivity index (χ0v) is 13.8. The molecule has 0 heterocycles. The normalized spacial score (nSPS) is 10.1. The molecule has 1 N–H and O–H groups in total. The van der Waals surface area contributed by atoms with E-state index in [4.69, 9.17) is 10.00 Å². The number of ether oxygens (including phenoxy) is 1. The average Bonchev–Trinajstić information content (AvgIpc) is 2.49. The second-order valence-corrected chi connectivity index (χ2v) is 5.78. The molecule has 5 heteroatoms. The number of hydrogen-bond acceptors (Lipinski definition) is 3. The number of nitriles is 1. The lowest BCUT2D eigenvalue weighted by Crippen LogP contribution is -2.13. The number of nitrogens with zero attached hydrogens (tertiary/aromatic N) is 1. The fourth-order valence-electron chi connectivity index (χ4n) is 1.88. The summed E-state index contributed by atoms with van der Waals surface area (Å²) in [7, 11) is 0. The lowest BCUT2D eigenvalue weighted by atomic mass is 10.1. The van der Waals surface area contributed by atoms with Gasteiger partial charge in [-0.05, 0) is 60.1 Å². The Morgan fingerprint density at radius 2 is 2.00 bits per heavy atom. The van der Waals surface area contributed by atoms with Crippen molar-refractivity contribution in [3.63, 3.8) is 0 Å². The second-order valence-electron chi connectivity index (χ2n) is 4.92. The van der Waals surface area contributed by atoms with Crippen LogP contribution in [0.1, 0.15) is 29.8 Å². The number of carbonyl (C=O) groups is 1. The minimum atomic E-state index is -0.278. The summed E-state index contributed by atoms with van der Waals surface area (Å²) in [6.45, 7) is 3.87. The van der Waals surface area contributed by atoms with E-state index >= 15 is 0 Å². The van der Waals surface area contributed by atoms with Crippen molar-refractivity contribution in [3.05, 3.63) is 58.1 Å². The molecule has 0 aromatic heterocycles. The largest absolute Gasteiger partial charge is 0.490 e. The first-order valence-electron chi connectivity index (χ1n) is 6.78. The van der Waals surface area contributed by atoms with Gasteiger partial charge in [0.05, 0.1) is 21.8 Å². The number of halogens is 1. The molecule has 0 spiro atoms. The third kappa shape index (κ3) is 3.86. The van der Waals surface area contributed by atoms with Crippen LogP contribution in [0.5, 0.6) is 5.75 Å². The minimum absolute atomic E-state index is 0.0542. The Labute approximate surface area is 137 Å². The fraction of sp³-hybridized carbons (Fsp3) is 0.176. The van der Waals surface area contributed by atoms with Crippen LogP contribution in [0.2, 0.25) is 0 Å². The minimum Gasteiger partial charge on any atom is -0.490 e. The zero-order valence-electron chi connectivity index (χ0n) is 12.3. The van der Waals surface area contributed by atoms with Crippen molar-refractivity contribution in [2.24, 2.45) is 0 Å². The van der Waals surface area contributed by atoms with Gasteiger partial charge in [0, 0.05) is 5.56 Å². The number of rotatable bonds is 4. The topological polar surface area (TPSA) is 62.1 Å². The quantitative estimate of drug-likeness (QED) is 0.882.